The molecule has 116 valence electrons. The Labute approximate surface area is 141 Å². The summed E-state index contributed by atoms with van der Waals surface area (Å²) >= 11 is 0. The molecule has 0 atom stereocenters. The zero-order valence-corrected chi connectivity index (χ0v) is 13.4. The number of hydrazone groups is 1. The third kappa shape index (κ3) is 2.72. The molecule has 1 N–H and O–H groups in total. The minimum atomic E-state index is 0.755. The highest BCUT2D eigenvalue weighted by atomic mass is 15.3. The number of nitrogens with one attached hydrogen (secondary N) is 1. The van der Waals surface area contributed by atoms with Crippen LogP contribution in [0.3, 0.4) is 0 Å². The maximum absolute atomic E-state index is 4.79. The average Bonchev–Trinajstić information content (AvgIpc) is 2.83. The maximum Gasteiger partial charge on any atom is 0.154 e. The number of benzene rings is 3. The number of aryl methyl sites for hydroxylation is 1. The van der Waals surface area contributed by atoms with Crippen LogP contribution in [0.5, 0.6) is 0 Å². The number of rotatable bonds is 2. The first-order valence-corrected chi connectivity index (χ1v) is 7.95. The summed E-state index contributed by atoms with van der Waals surface area (Å²) in [5.74, 6) is 0.755. The monoisotopic (exact) mass is 311 g/mol. The molecule has 3 nitrogen and oxygen atoms in total. The van der Waals surface area contributed by atoms with Crippen molar-refractivity contribution in [3.8, 4) is 0 Å². The van der Waals surface area contributed by atoms with Crippen molar-refractivity contribution in [2.75, 3.05) is 0 Å². The van der Waals surface area contributed by atoms with Crippen molar-refractivity contribution in [3.63, 3.8) is 0 Å². The number of amidine groups is 1. The summed E-state index contributed by atoms with van der Waals surface area (Å²) < 4.78 is 0. The predicted molar refractivity (Wildman–Crippen MR) is 99.0 cm³/mol. The van der Waals surface area contributed by atoms with Crippen molar-refractivity contribution in [2.24, 2.45) is 10.1 Å². The molecule has 1 aliphatic heterocycles. The molecule has 0 radical (unpaired) electrons. The van der Waals surface area contributed by atoms with Crippen molar-refractivity contribution in [1.29, 1.82) is 0 Å². The van der Waals surface area contributed by atoms with E-state index in [0.717, 1.165) is 33.9 Å². The number of fused-ring (bicyclic) bond motifs is 1. The van der Waals surface area contributed by atoms with Crippen LogP contribution in [0.15, 0.2) is 89.0 Å². The van der Waals surface area contributed by atoms with Gasteiger partial charge in [0.05, 0.1) is 11.4 Å². The first kappa shape index (κ1) is 14.4. The average molecular weight is 311 g/mol. The fourth-order valence-electron chi connectivity index (χ4n) is 2.74. The molecule has 0 saturated carbocycles. The van der Waals surface area contributed by atoms with Crippen LogP contribution in [0.4, 0.5) is 5.69 Å². The molecule has 0 aromatic heterocycles. The fourth-order valence-corrected chi connectivity index (χ4v) is 2.74. The van der Waals surface area contributed by atoms with Gasteiger partial charge >= 0.3 is 0 Å². The Balaban J connectivity index is 1.85. The van der Waals surface area contributed by atoms with Gasteiger partial charge in [0.2, 0.25) is 0 Å². The molecule has 0 unspecified atom stereocenters. The van der Waals surface area contributed by atoms with Crippen LogP contribution < -0.4 is 5.43 Å². The summed E-state index contributed by atoms with van der Waals surface area (Å²) in [6.45, 7) is 2.08. The van der Waals surface area contributed by atoms with Crippen molar-refractivity contribution in [1.82, 2.24) is 5.43 Å². The molecule has 0 amide bonds. The molecular weight excluding hydrogens is 294 g/mol. The summed E-state index contributed by atoms with van der Waals surface area (Å²) in [7, 11) is 0. The molecule has 3 aromatic carbocycles. The standard InChI is InChI=1S/C21H17N3/c1-15-11-13-16(14-12-15)20-18-9-5-6-10-19(18)22-21(24-23-20)17-7-3-2-4-8-17/h2-14H,1H3,(H,22,24). The predicted octanol–water partition coefficient (Wildman–Crippen LogP) is 4.43. The van der Waals surface area contributed by atoms with E-state index in [1.807, 2.05) is 48.5 Å². The quantitative estimate of drug-likeness (QED) is 0.747. The summed E-state index contributed by atoms with van der Waals surface area (Å²) in [5.41, 5.74) is 9.31. The SMILES string of the molecule is Cc1ccc(C2=NNC(c3ccccc3)=Nc3ccccc32)cc1. The van der Waals surface area contributed by atoms with Crippen molar-refractivity contribution in [3.05, 3.63) is 101 Å². The zero-order valence-electron chi connectivity index (χ0n) is 13.4. The fraction of sp³-hybridized carbons (Fsp3) is 0.0476. The van der Waals surface area contributed by atoms with E-state index in [4.69, 9.17) is 4.99 Å². The van der Waals surface area contributed by atoms with Gasteiger partial charge < -0.3 is 0 Å². The molecular formula is C21H17N3. The molecule has 4 rings (SSSR count). The Morgan fingerprint density at radius 3 is 2.21 bits per heavy atom. The lowest BCUT2D eigenvalue weighted by atomic mass is 10.00. The highest BCUT2D eigenvalue weighted by molar-refractivity contribution is 6.17. The maximum atomic E-state index is 4.79. The van der Waals surface area contributed by atoms with Crippen molar-refractivity contribution >= 4 is 17.2 Å². The Kier molecular flexibility index (Phi) is 3.67. The number of hydrogen-bond acceptors (Lipinski definition) is 3. The highest BCUT2D eigenvalue weighted by Gasteiger charge is 2.16. The summed E-state index contributed by atoms with van der Waals surface area (Å²) in [6, 6.07) is 26.6. The van der Waals surface area contributed by atoms with Gasteiger partial charge in [-0.2, -0.15) is 5.10 Å². The van der Waals surface area contributed by atoms with E-state index in [2.05, 4.69) is 47.8 Å². The van der Waals surface area contributed by atoms with Gasteiger partial charge in [-0.1, -0.05) is 78.4 Å². The van der Waals surface area contributed by atoms with Gasteiger partial charge in [0.15, 0.2) is 5.84 Å². The van der Waals surface area contributed by atoms with Crippen LogP contribution in [-0.4, -0.2) is 11.5 Å². The molecule has 1 heterocycles. The largest absolute Gasteiger partial charge is 0.260 e. The van der Waals surface area contributed by atoms with Crippen LogP contribution >= 0.6 is 0 Å². The molecule has 3 aromatic rings. The molecule has 0 fully saturated rings. The van der Waals surface area contributed by atoms with Gasteiger partial charge in [0.1, 0.15) is 0 Å². The van der Waals surface area contributed by atoms with E-state index < -0.39 is 0 Å². The first-order valence-electron chi connectivity index (χ1n) is 7.95. The van der Waals surface area contributed by atoms with Gasteiger partial charge in [0.25, 0.3) is 0 Å². The second-order valence-corrected chi connectivity index (χ2v) is 5.78. The third-order valence-corrected chi connectivity index (χ3v) is 4.04. The van der Waals surface area contributed by atoms with Crippen molar-refractivity contribution in [2.45, 2.75) is 6.92 Å². The Hall–Kier alpha value is -3.20. The Bertz CT molecular complexity index is 923. The molecule has 1 aliphatic rings. The number of aliphatic imine (C=N–C) groups is 1. The lowest BCUT2D eigenvalue weighted by Crippen LogP contribution is -2.19. The number of nitrogens with zero attached hydrogens (tertiary/aromatic N) is 2. The van der Waals surface area contributed by atoms with Gasteiger partial charge in [-0.25, -0.2) is 4.99 Å². The van der Waals surface area contributed by atoms with Gasteiger partial charge in [-0.05, 0) is 13.0 Å². The Morgan fingerprint density at radius 2 is 1.42 bits per heavy atom. The smallest absolute Gasteiger partial charge is 0.154 e. The molecule has 0 bridgehead atoms. The van der Waals surface area contributed by atoms with Gasteiger partial charge in [-0.3, -0.25) is 5.43 Å². The van der Waals surface area contributed by atoms with E-state index in [1.54, 1.807) is 0 Å². The second-order valence-electron chi connectivity index (χ2n) is 5.78. The van der Waals surface area contributed by atoms with Crippen LogP contribution in [0.25, 0.3) is 0 Å². The van der Waals surface area contributed by atoms with E-state index in [0.29, 0.717) is 0 Å². The van der Waals surface area contributed by atoms with Crippen LogP contribution in [0.2, 0.25) is 0 Å². The zero-order chi connectivity index (χ0) is 16.4. The summed E-state index contributed by atoms with van der Waals surface area (Å²) in [6.07, 6.45) is 0. The van der Waals surface area contributed by atoms with Crippen LogP contribution in [0, 0.1) is 6.92 Å². The molecule has 3 heteroatoms. The minimum Gasteiger partial charge on any atom is -0.260 e. The highest BCUT2D eigenvalue weighted by Crippen LogP contribution is 2.25. The Morgan fingerprint density at radius 1 is 0.708 bits per heavy atom. The van der Waals surface area contributed by atoms with Crippen molar-refractivity contribution < 1.29 is 0 Å². The van der Waals surface area contributed by atoms with Crippen LogP contribution in [-0.2, 0) is 0 Å². The van der Waals surface area contributed by atoms with E-state index in [9.17, 15) is 0 Å². The number of hydrogen-bond donors (Lipinski definition) is 1. The van der Waals surface area contributed by atoms with Gasteiger partial charge in [-0.15, -0.1) is 0 Å². The summed E-state index contributed by atoms with van der Waals surface area (Å²) in [5, 5.41) is 4.66. The molecule has 0 aliphatic carbocycles. The lowest BCUT2D eigenvalue weighted by Gasteiger charge is -2.07. The first-order chi connectivity index (χ1) is 11.8. The normalized spacial score (nSPS) is 13.2. The number of para-hydroxylation sites is 1. The lowest BCUT2D eigenvalue weighted by molar-refractivity contribution is 1.03. The van der Waals surface area contributed by atoms with Gasteiger partial charge in [0, 0.05) is 16.7 Å². The molecule has 0 spiro atoms. The van der Waals surface area contributed by atoms with E-state index in [-0.39, 0.29) is 0 Å². The topological polar surface area (TPSA) is 36.8 Å². The van der Waals surface area contributed by atoms with E-state index in [1.165, 1.54) is 5.56 Å². The van der Waals surface area contributed by atoms with E-state index >= 15 is 0 Å². The minimum absolute atomic E-state index is 0.755. The summed E-state index contributed by atoms with van der Waals surface area (Å²) in [4.78, 5) is 4.79. The third-order valence-electron chi connectivity index (χ3n) is 4.04. The molecule has 0 saturated heterocycles. The second kappa shape index (κ2) is 6.13. The van der Waals surface area contributed by atoms with Crippen LogP contribution in [0.1, 0.15) is 22.3 Å². The molecule has 24 heavy (non-hydrogen) atoms.